The summed E-state index contributed by atoms with van der Waals surface area (Å²) in [5.74, 6) is -0.121. The van der Waals surface area contributed by atoms with Crippen molar-refractivity contribution in [3.8, 4) is 0 Å². The molecule has 0 saturated heterocycles. The molecule has 0 rings (SSSR count). The SMILES string of the molecule is C=C(C)/C=C\C(=C)N(C)C(=O)COC.CC. The first-order valence-corrected chi connectivity index (χ1v) is 5.27. The summed E-state index contributed by atoms with van der Waals surface area (Å²) in [5, 5.41) is 0. The molecule has 0 aliphatic heterocycles. The number of carbonyl (C=O) groups is 1. The smallest absolute Gasteiger partial charge is 0.252 e. The second kappa shape index (κ2) is 10.2. The summed E-state index contributed by atoms with van der Waals surface area (Å²) in [5.41, 5.74) is 1.54. The lowest BCUT2D eigenvalue weighted by atomic mass is 10.3. The van der Waals surface area contributed by atoms with Crippen molar-refractivity contribution in [2.45, 2.75) is 20.8 Å². The minimum Gasteiger partial charge on any atom is -0.375 e. The maximum Gasteiger partial charge on any atom is 0.252 e. The number of hydrogen-bond donors (Lipinski definition) is 0. The Kier molecular flexibility index (Phi) is 10.9. The lowest BCUT2D eigenvalue weighted by Gasteiger charge is -2.16. The zero-order valence-corrected chi connectivity index (χ0v) is 11.0. The number of nitrogens with zero attached hydrogens (tertiary/aromatic N) is 1. The number of carbonyl (C=O) groups excluding carboxylic acids is 1. The quantitative estimate of drug-likeness (QED) is 0.673. The zero-order valence-electron chi connectivity index (χ0n) is 11.0. The second-order valence-electron chi connectivity index (χ2n) is 3.06. The number of hydrogen-bond acceptors (Lipinski definition) is 2. The topological polar surface area (TPSA) is 29.5 Å². The Morgan fingerprint density at radius 1 is 1.31 bits per heavy atom. The fourth-order valence-electron chi connectivity index (χ4n) is 0.731. The molecule has 0 fully saturated rings. The van der Waals surface area contributed by atoms with E-state index in [1.807, 2.05) is 20.8 Å². The van der Waals surface area contributed by atoms with Crippen LogP contribution in [0, 0.1) is 0 Å². The van der Waals surface area contributed by atoms with Gasteiger partial charge in [-0.05, 0) is 13.0 Å². The monoisotopic (exact) mass is 225 g/mol. The maximum absolute atomic E-state index is 11.3. The van der Waals surface area contributed by atoms with Crippen LogP contribution in [-0.2, 0) is 9.53 Å². The molecule has 0 N–H and O–H groups in total. The first-order valence-electron chi connectivity index (χ1n) is 5.27. The van der Waals surface area contributed by atoms with Crippen LogP contribution in [0.5, 0.6) is 0 Å². The Balaban J connectivity index is 0. The van der Waals surface area contributed by atoms with Crippen LogP contribution >= 0.6 is 0 Å². The predicted octanol–water partition coefficient (Wildman–Crippen LogP) is 2.76. The van der Waals surface area contributed by atoms with Crippen LogP contribution in [0.1, 0.15) is 20.8 Å². The van der Waals surface area contributed by atoms with Crippen molar-refractivity contribution in [3.05, 3.63) is 36.6 Å². The van der Waals surface area contributed by atoms with E-state index in [1.165, 1.54) is 12.0 Å². The number of methoxy groups -OCH3 is 1. The van der Waals surface area contributed by atoms with Gasteiger partial charge in [-0.25, -0.2) is 0 Å². The summed E-state index contributed by atoms with van der Waals surface area (Å²) in [6, 6.07) is 0. The van der Waals surface area contributed by atoms with Crippen molar-refractivity contribution in [3.63, 3.8) is 0 Å². The van der Waals surface area contributed by atoms with Crippen molar-refractivity contribution in [1.82, 2.24) is 4.90 Å². The highest BCUT2D eigenvalue weighted by atomic mass is 16.5. The largest absolute Gasteiger partial charge is 0.375 e. The standard InChI is InChI=1S/C11H17NO2.C2H6/c1-9(2)6-7-10(3)12(4)11(13)8-14-5;1-2/h6-7H,1,3,8H2,2,4-5H3;1-2H3/b7-6-;. The lowest BCUT2D eigenvalue weighted by molar-refractivity contribution is -0.131. The molecule has 0 atom stereocenters. The Bertz CT molecular complexity index is 267. The molecule has 0 radical (unpaired) electrons. The summed E-state index contributed by atoms with van der Waals surface area (Å²) in [6.45, 7) is 13.4. The van der Waals surface area contributed by atoms with Crippen molar-refractivity contribution in [2.75, 3.05) is 20.8 Å². The van der Waals surface area contributed by atoms with Crippen LogP contribution in [-0.4, -0.2) is 31.6 Å². The van der Waals surface area contributed by atoms with Crippen LogP contribution in [0.15, 0.2) is 36.6 Å². The van der Waals surface area contributed by atoms with E-state index in [-0.39, 0.29) is 12.5 Å². The highest BCUT2D eigenvalue weighted by molar-refractivity contribution is 5.79. The van der Waals surface area contributed by atoms with Gasteiger partial charge in [0, 0.05) is 19.9 Å². The molecule has 0 aromatic rings. The molecule has 0 aromatic carbocycles. The summed E-state index contributed by atoms with van der Waals surface area (Å²) in [7, 11) is 3.14. The number of rotatable bonds is 5. The molecule has 0 aromatic heterocycles. The Morgan fingerprint density at radius 2 is 1.81 bits per heavy atom. The van der Waals surface area contributed by atoms with Gasteiger partial charge >= 0.3 is 0 Å². The maximum atomic E-state index is 11.3. The van der Waals surface area contributed by atoms with Gasteiger partial charge in [0.1, 0.15) is 6.61 Å². The van der Waals surface area contributed by atoms with Gasteiger partial charge in [-0.2, -0.15) is 0 Å². The number of ether oxygens (including phenoxy) is 1. The molecular weight excluding hydrogens is 202 g/mol. The second-order valence-corrected chi connectivity index (χ2v) is 3.06. The van der Waals surface area contributed by atoms with E-state index in [2.05, 4.69) is 13.2 Å². The third-order valence-corrected chi connectivity index (χ3v) is 1.63. The van der Waals surface area contributed by atoms with Crippen LogP contribution in [0.25, 0.3) is 0 Å². The Morgan fingerprint density at radius 3 is 2.19 bits per heavy atom. The van der Waals surface area contributed by atoms with Gasteiger partial charge in [0.25, 0.3) is 5.91 Å². The molecule has 92 valence electrons. The van der Waals surface area contributed by atoms with Gasteiger partial charge in [0.05, 0.1) is 0 Å². The van der Waals surface area contributed by atoms with Gasteiger partial charge < -0.3 is 9.64 Å². The molecule has 1 amide bonds. The minimum atomic E-state index is -0.121. The third-order valence-electron chi connectivity index (χ3n) is 1.63. The fraction of sp³-hybridized carbons (Fsp3) is 0.462. The number of amides is 1. The predicted molar refractivity (Wildman–Crippen MR) is 69.1 cm³/mol. The molecule has 0 saturated carbocycles. The minimum absolute atomic E-state index is 0.0659. The fourth-order valence-corrected chi connectivity index (χ4v) is 0.731. The molecule has 3 nitrogen and oxygen atoms in total. The van der Waals surface area contributed by atoms with Crippen molar-refractivity contribution >= 4 is 5.91 Å². The van der Waals surface area contributed by atoms with Crippen LogP contribution in [0.4, 0.5) is 0 Å². The Labute approximate surface area is 99.1 Å². The van der Waals surface area contributed by atoms with Crippen molar-refractivity contribution in [2.24, 2.45) is 0 Å². The molecule has 0 unspecified atom stereocenters. The van der Waals surface area contributed by atoms with E-state index in [4.69, 9.17) is 4.74 Å². The van der Waals surface area contributed by atoms with Crippen LogP contribution < -0.4 is 0 Å². The highest BCUT2D eigenvalue weighted by Gasteiger charge is 2.08. The van der Waals surface area contributed by atoms with E-state index in [0.29, 0.717) is 5.70 Å². The van der Waals surface area contributed by atoms with Gasteiger partial charge in [-0.1, -0.05) is 38.7 Å². The summed E-state index contributed by atoms with van der Waals surface area (Å²) in [6.07, 6.45) is 3.55. The van der Waals surface area contributed by atoms with Crippen molar-refractivity contribution in [1.29, 1.82) is 0 Å². The molecule has 16 heavy (non-hydrogen) atoms. The summed E-state index contributed by atoms with van der Waals surface area (Å²) in [4.78, 5) is 12.8. The van der Waals surface area contributed by atoms with Crippen LogP contribution in [0.2, 0.25) is 0 Å². The van der Waals surface area contributed by atoms with Crippen LogP contribution in [0.3, 0.4) is 0 Å². The number of likely N-dealkylation sites (N-methyl/N-ethyl adjacent to an activating group) is 1. The molecule has 0 heterocycles. The third kappa shape index (κ3) is 8.00. The van der Waals surface area contributed by atoms with Gasteiger partial charge in [0.15, 0.2) is 0 Å². The summed E-state index contributed by atoms with van der Waals surface area (Å²) >= 11 is 0. The van der Waals surface area contributed by atoms with E-state index >= 15 is 0 Å². The Hall–Kier alpha value is -1.35. The van der Waals surface area contributed by atoms with E-state index in [1.54, 1.807) is 19.2 Å². The average Bonchev–Trinajstić information content (AvgIpc) is 2.27. The first-order chi connectivity index (χ1) is 7.49. The van der Waals surface area contributed by atoms with E-state index < -0.39 is 0 Å². The molecule has 0 bridgehead atoms. The van der Waals surface area contributed by atoms with Gasteiger partial charge in [0.2, 0.25) is 0 Å². The zero-order chi connectivity index (χ0) is 13.1. The molecule has 0 aliphatic carbocycles. The number of allylic oxidation sites excluding steroid dienone is 3. The van der Waals surface area contributed by atoms with E-state index in [0.717, 1.165) is 5.57 Å². The summed E-state index contributed by atoms with van der Waals surface area (Å²) < 4.78 is 4.73. The molecule has 3 heteroatoms. The molecule has 0 spiro atoms. The lowest BCUT2D eigenvalue weighted by Crippen LogP contribution is -2.28. The first kappa shape index (κ1) is 17.1. The van der Waals surface area contributed by atoms with Crippen molar-refractivity contribution < 1.29 is 9.53 Å². The molecular formula is C13H23NO2. The van der Waals surface area contributed by atoms with Gasteiger partial charge in [-0.15, -0.1) is 0 Å². The van der Waals surface area contributed by atoms with Gasteiger partial charge in [-0.3, -0.25) is 4.79 Å². The average molecular weight is 225 g/mol. The van der Waals surface area contributed by atoms with E-state index in [9.17, 15) is 4.79 Å². The molecule has 0 aliphatic rings. The normalized spacial score (nSPS) is 9.31. The highest BCUT2D eigenvalue weighted by Crippen LogP contribution is 2.03.